The minimum Gasteiger partial charge on any atom is -0.504 e. The summed E-state index contributed by atoms with van der Waals surface area (Å²) in [7, 11) is 0. The fraction of sp³-hybridized carbons (Fsp3) is 0.176. The highest BCUT2D eigenvalue weighted by Gasteiger charge is 2.52. The molecule has 0 spiro atoms. The van der Waals surface area contributed by atoms with Gasteiger partial charge in [-0.2, -0.15) is 0 Å². The highest BCUT2D eigenvalue weighted by atomic mass is 16.7. The van der Waals surface area contributed by atoms with Gasteiger partial charge in [0.15, 0.2) is 69.3 Å². The number of aliphatic hydroxyl groups excluding tert-OH is 1. The van der Waals surface area contributed by atoms with Gasteiger partial charge in [0.25, 0.3) is 0 Å². The van der Waals surface area contributed by atoms with E-state index in [0.29, 0.717) is 36.4 Å². The second-order valence-electron chi connectivity index (χ2n) is 11.6. The second kappa shape index (κ2) is 15.2. The van der Waals surface area contributed by atoms with Crippen molar-refractivity contribution in [1.29, 1.82) is 0 Å². The molecule has 0 aliphatic carbocycles. The molecule has 55 heavy (non-hydrogen) atoms. The van der Waals surface area contributed by atoms with Gasteiger partial charge in [0, 0.05) is 0 Å². The number of esters is 4. The van der Waals surface area contributed by atoms with Gasteiger partial charge in [-0.15, -0.1) is 0 Å². The number of aromatic hydroxyl groups is 11. The van der Waals surface area contributed by atoms with Crippen molar-refractivity contribution >= 4 is 23.9 Å². The average molecular weight is 773 g/mol. The summed E-state index contributed by atoms with van der Waals surface area (Å²) >= 11 is 0. The number of carbonyl (C=O) groups excluding carboxylic acids is 4. The lowest BCUT2D eigenvalue weighted by Crippen LogP contribution is -2.62. The molecular weight excluding hydrogens is 744 g/mol. The van der Waals surface area contributed by atoms with Crippen molar-refractivity contribution < 1.29 is 104 Å². The summed E-state index contributed by atoms with van der Waals surface area (Å²) in [6.07, 6.45) is -10.9. The number of aliphatic hydroxyl groups is 1. The number of carbonyl (C=O) groups is 4. The molecule has 21 heteroatoms. The van der Waals surface area contributed by atoms with E-state index in [1.807, 2.05) is 0 Å². The molecule has 1 fully saturated rings. The Morgan fingerprint density at radius 3 is 1.29 bits per heavy atom. The van der Waals surface area contributed by atoms with Gasteiger partial charge in [0.05, 0.1) is 22.3 Å². The molecule has 0 saturated carbocycles. The molecule has 290 valence electrons. The number of hydrogen-bond acceptors (Lipinski definition) is 21. The number of rotatable bonds is 9. The van der Waals surface area contributed by atoms with Crippen molar-refractivity contribution in [1.82, 2.24) is 0 Å². The maximum atomic E-state index is 13.4. The molecule has 1 aliphatic heterocycles. The van der Waals surface area contributed by atoms with Crippen molar-refractivity contribution in [3.63, 3.8) is 0 Å². The molecule has 5 atom stereocenters. The van der Waals surface area contributed by atoms with E-state index in [2.05, 4.69) is 0 Å². The minimum atomic E-state index is -2.28. The molecule has 0 amide bonds. The van der Waals surface area contributed by atoms with Gasteiger partial charge >= 0.3 is 23.9 Å². The number of phenolic OH excluding ortho intramolecular Hbond substituents is 11. The Hall–Kier alpha value is -7.52. The van der Waals surface area contributed by atoms with E-state index in [-0.39, 0.29) is 0 Å². The van der Waals surface area contributed by atoms with Gasteiger partial charge in [0.2, 0.25) is 12.4 Å². The van der Waals surface area contributed by atoms with Crippen LogP contribution in [0.3, 0.4) is 0 Å². The third kappa shape index (κ3) is 8.11. The van der Waals surface area contributed by atoms with Gasteiger partial charge in [-0.05, 0) is 54.6 Å². The van der Waals surface area contributed by atoms with Crippen LogP contribution in [0.2, 0.25) is 0 Å². The molecule has 0 radical (unpaired) electrons. The van der Waals surface area contributed by atoms with Crippen LogP contribution in [-0.2, 0) is 23.7 Å². The fourth-order valence-corrected chi connectivity index (χ4v) is 5.00. The number of ether oxygens (including phenoxy) is 5. The van der Waals surface area contributed by atoms with Gasteiger partial charge in [-0.3, -0.25) is 0 Å². The Bertz CT molecular complexity index is 2110. The molecule has 0 bridgehead atoms. The van der Waals surface area contributed by atoms with Crippen LogP contribution < -0.4 is 0 Å². The normalized spacial score (nSPS) is 19.2. The first kappa shape index (κ1) is 38.7. The predicted octanol–water partition coefficient (Wildman–Crippen LogP) is 0.999. The molecule has 1 aliphatic rings. The maximum absolute atomic E-state index is 13.4. The van der Waals surface area contributed by atoms with E-state index in [1.165, 1.54) is 0 Å². The molecule has 4 aromatic carbocycles. The van der Waals surface area contributed by atoms with E-state index in [4.69, 9.17) is 23.7 Å². The summed E-state index contributed by atoms with van der Waals surface area (Å²) in [5, 5.41) is 119. The predicted molar refractivity (Wildman–Crippen MR) is 173 cm³/mol. The van der Waals surface area contributed by atoms with Crippen LogP contribution in [0.15, 0.2) is 54.6 Å². The highest BCUT2D eigenvalue weighted by Crippen LogP contribution is 2.39. The van der Waals surface area contributed by atoms with Crippen molar-refractivity contribution in [2.75, 3.05) is 6.61 Å². The Balaban J connectivity index is 1.54. The molecule has 0 aromatic heterocycles. The number of hydrogen-bond donors (Lipinski definition) is 12. The van der Waals surface area contributed by atoms with E-state index < -0.39 is 147 Å². The lowest BCUT2D eigenvalue weighted by atomic mass is 9.98. The SMILES string of the molecule is O=C(OC[C@H]1O[C@@H](OC(=O)c2ccc(O)c(O)c2)[C@H](OC(=O)c2cc(O)c(O)c(O)c2)[C@@H](OC(=O)c2cc(O)c(O)c(O)c2)[C@@H]1O)c1cc(O)c(O)c(O)c1. The zero-order valence-electron chi connectivity index (χ0n) is 27.3. The molecule has 1 saturated heterocycles. The zero-order chi connectivity index (χ0) is 40.5. The summed E-state index contributed by atoms with van der Waals surface area (Å²) in [5.74, 6) is -16.0. The van der Waals surface area contributed by atoms with Crippen LogP contribution in [0.25, 0.3) is 0 Å². The number of phenols is 11. The Morgan fingerprint density at radius 2 is 0.855 bits per heavy atom. The van der Waals surface area contributed by atoms with E-state index in [9.17, 15) is 80.5 Å². The number of benzene rings is 4. The third-order valence-corrected chi connectivity index (χ3v) is 7.83. The summed E-state index contributed by atoms with van der Waals surface area (Å²) in [6.45, 7) is -1.02. The second-order valence-corrected chi connectivity index (χ2v) is 11.6. The van der Waals surface area contributed by atoms with Crippen LogP contribution in [0.4, 0.5) is 0 Å². The zero-order valence-corrected chi connectivity index (χ0v) is 27.3. The van der Waals surface area contributed by atoms with Gasteiger partial charge in [-0.25, -0.2) is 19.2 Å². The van der Waals surface area contributed by atoms with Gasteiger partial charge < -0.3 is 85.0 Å². The van der Waals surface area contributed by atoms with E-state index in [0.717, 1.165) is 18.2 Å². The highest BCUT2D eigenvalue weighted by molar-refractivity contribution is 5.93. The Kier molecular flexibility index (Phi) is 10.7. The topological polar surface area (TPSA) is 357 Å². The summed E-state index contributed by atoms with van der Waals surface area (Å²) < 4.78 is 26.9. The van der Waals surface area contributed by atoms with Gasteiger partial charge in [-0.1, -0.05) is 0 Å². The first-order valence-corrected chi connectivity index (χ1v) is 15.3. The summed E-state index contributed by atoms with van der Waals surface area (Å²) in [6, 6.07) is 6.54. The lowest BCUT2D eigenvalue weighted by Gasteiger charge is -2.42. The fourth-order valence-electron chi connectivity index (χ4n) is 5.00. The standard InChI is InChI=1S/C34H28O21/c35-15-2-1-11(3-16(15)36)31(48)55-34-29(54-33(50)14-8-21(41)26(45)22(42)9-14)28(53-32(49)13-6-19(39)25(44)20(40)7-13)27(46)23(52-34)10-51-30(47)12-4-17(37)24(43)18(38)5-12/h1-9,23,27-29,34-46H,10H2/t23-,27-,28+,29-,34+/m1/s1. The Labute approximate surface area is 305 Å². The summed E-state index contributed by atoms with van der Waals surface area (Å²) in [4.78, 5) is 52.8. The van der Waals surface area contributed by atoms with E-state index >= 15 is 0 Å². The molecule has 0 unspecified atom stereocenters. The van der Waals surface area contributed by atoms with Crippen LogP contribution in [0.1, 0.15) is 41.4 Å². The minimum absolute atomic E-state index is 0.456. The van der Waals surface area contributed by atoms with Crippen LogP contribution in [0, 0.1) is 0 Å². The third-order valence-electron chi connectivity index (χ3n) is 7.83. The smallest absolute Gasteiger partial charge is 0.340 e. The monoisotopic (exact) mass is 772 g/mol. The largest absolute Gasteiger partial charge is 0.504 e. The van der Waals surface area contributed by atoms with Crippen molar-refractivity contribution in [3.8, 4) is 63.2 Å². The lowest BCUT2D eigenvalue weighted by molar-refractivity contribution is -0.283. The molecule has 21 nitrogen and oxygen atoms in total. The maximum Gasteiger partial charge on any atom is 0.340 e. The summed E-state index contributed by atoms with van der Waals surface area (Å²) in [5.41, 5.74) is -2.34. The Morgan fingerprint density at radius 1 is 0.473 bits per heavy atom. The molecule has 5 rings (SSSR count). The van der Waals surface area contributed by atoms with Crippen LogP contribution in [-0.4, -0.2) is 122 Å². The molecular formula is C34H28O21. The first-order chi connectivity index (χ1) is 25.9. The molecule has 12 N–H and O–H groups in total. The van der Waals surface area contributed by atoms with Crippen LogP contribution >= 0.6 is 0 Å². The van der Waals surface area contributed by atoms with Crippen molar-refractivity contribution in [3.05, 3.63) is 76.9 Å². The van der Waals surface area contributed by atoms with Crippen molar-refractivity contribution in [2.24, 2.45) is 0 Å². The molecule has 4 aromatic rings. The van der Waals surface area contributed by atoms with Gasteiger partial charge in [0.1, 0.15) is 18.8 Å². The average Bonchev–Trinajstić information content (AvgIpc) is 3.13. The van der Waals surface area contributed by atoms with Crippen LogP contribution in [0.5, 0.6) is 63.2 Å². The van der Waals surface area contributed by atoms with E-state index in [1.54, 1.807) is 0 Å². The van der Waals surface area contributed by atoms with Crippen molar-refractivity contribution in [2.45, 2.75) is 30.7 Å². The quantitative estimate of drug-likeness (QED) is 0.0641. The molecule has 1 heterocycles. The first-order valence-electron chi connectivity index (χ1n) is 15.3.